The van der Waals surface area contributed by atoms with Crippen LogP contribution >= 0.6 is 11.3 Å². The van der Waals surface area contributed by atoms with Gasteiger partial charge in [-0.2, -0.15) is 8.42 Å². The zero-order chi connectivity index (χ0) is 15.7. The monoisotopic (exact) mass is 346 g/mol. The molecule has 2 heterocycles. The molecule has 0 radical (unpaired) electrons. The van der Waals surface area contributed by atoms with E-state index in [0.29, 0.717) is 5.13 Å². The van der Waals surface area contributed by atoms with E-state index in [4.69, 9.17) is 0 Å². The summed E-state index contributed by atoms with van der Waals surface area (Å²) in [5, 5.41) is 0.649. The molecule has 1 fully saturated rings. The molecule has 8 heteroatoms. The van der Waals surface area contributed by atoms with Crippen molar-refractivity contribution < 1.29 is 17.1 Å². The first-order chi connectivity index (χ1) is 10.4. The number of halogens is 1. The maximum absolute atomic E-state index is 12.8. The minimum absolute atomic E-state index is 0.0768. The van der Waals surface area contributed by atoms with Gasteiger partial charge in [0, 0.05) is 23.8 Å². The molecule has 2 aliphatic rings. The van der Waals surface area contributed by atoms with Crippen LogP contribution < -0.4 is 4.90 Å². The highest BCUT2D eigenvalue weighted by Gasteiger charge is 2.35. The lowest BCUT2D eigenvalue weighted by Crippen LogP contribution is -2.25. The molecule has 0 saturated carbocycles. The average Bonchev–Trinajstić information content (AvgIpc) is 2.91. The van der Waals surface area contributed by atoms with E-state index in [-0.39, 0.29) is 18.9 Å². The second-order valence-electron chi connectivity index (χ2n) is 6.06. The standard InChI is InChI=1S/C14H19FN2O3S2/c15-22(19,20)9-10-7-13(18)17(8-10)14-16-11-5-3-1-2-4-6-12(11)21-14/h10H,1-9H2. The van der Waals surface area contributed by atoms with Crippen molar-refractivity contribution >= 4 is 32.6 Å². The molecule has 1 aliphatic carbocycles. The maximum Gasteiger partial charge on any atom is 0.302 e. The second kappa shape index (κ2) is 6.23. The van der Waals surface area contributed by atoms with Gasteiger partial charge in [0.25, 0.3) is 0 Å². The highest BCUT2D eigenvalue weighted by Crippen LogP contribution is 2.34. The number of fused-ring (bicyclic) bond motifs is 1. The van der Waals surface area contributed by atoms with Crippen molar-refractivity contribution in [3.05, 3.63) is 10.6 Å². The highest BCUT2D eigenvalue weighted by molar-refractivity contribution is 7.86. The van der Waals surface area contributed by atoms with Crippen LogP contribution in [-0.4, -0.2) is 31.6 Å². The normalized spacial score (nSPS) is 23.2. The van der Waals surface area contributed by atoms with E-state index in [1.54, 1.807) is 0 Å². The van der Waals surface area contributed by atoms with E-state index in [0.717, 1.165) is 31.4 Å². The number of thiazole rings is 1. The quantitative estimate of drug-likeness (QED) is 0.789. The summed E-state index contributed by atoms with van der Waals surface area (Å²) in [5.41, 5.74) is 1.08. The van der Waals surface area contributed by atoms with E-state index in [1.807, 2.05) is 0 Å². The predicted molar refractivity (Wildman–Crippen MR) is 83.3 cm³/mol. The molecule has 1 unspecified atom stereocenters. The van der Waals surface area contributed by atoms with Crippen LogP contribution in [0.25, 0.3) is 0 Å². The van der Waals surface area contributed by atoms with Gasteiger partial charge < -0.3 is 0 Å². The summed E-state index contributed by atoms with van der Waals surface area (Å²) in [4.78, 5) is 19.5. The van der Waals surface area contributed by atoms with Crippen molar-refractivity contribution in [2.75, 3.05) is 17.2 Å². The Balaban J connectivity index is 1.76. The SMILES string of the molecule is O=C1CC(CS(=O)(=O)F)CN1c1nc2c(s1)CCCCCC2. The lowest BCUT2D eigenvalue weighted by Gasteiger charge is -2.12. The zero-order valence-corrected chi connectivity index (χ0v) is 13.9. The van der Waals surface area contributed by atoms with Crippen molar-refractivity contribution in [3.63, 3.8) is 0 Å². The number of hydrogen-bond acceptors (Lipinski definition) is 5. The van der Waals surface area contributed by atoms with Crippen LogP contribution in [0.4, 0.5) is 9.02 Å². The van der Waals surface area contributed by atoms with Crippen molar-refractivity contribution in [3.8, 4) is 0 Å². The van der Waals surface area contributed by atoms with Crippen molar-refractivity contribution in [2.45, 2.75) is 44.9 Å². The lowest BCUT2D eigenvalue weighted by atomic mass is 10.0. The van der Waals surface area contributed by atoms with Gasteiger partial charge in [0.15, 0.2) is 5.13 Å². The van der Waals surface area contributed by atoms with Crippen molar-refractivity contribution in [2.24, 2.45) is 5.92 Å². The summed E-state index contributed by atoms with van der Waals surface area (Å²) in [7, 11) is -4.54. The number of nitrogens with zero attached hydrogens (tertiary/aromatic N) is 2. The Morgan fingerprint density at radius 3 is 2.68 bits per heavy atom. The molecule has 1 aromatic rings. The van der Waals surface area contributed by atoms with E-state index < -0.39 is 21.9 Å². The third-order valence-electron chi connectivity index (χ3n) is 4.21. The fourth-order valence-electron chi connectivity index (χ4n) is 3.17. The van der Waals surface area contributed by atoms with Gasteiger partial charge in [0.05, 0.1) is 11.4 Å². The lowest BCUT2D eigenvalue weighted by molar-refractivity contribution is -0.117. The predicted octanol–water partition coefficient (Wildman–Crippen LogP) is 2.45. The first-order valence-corrected chi connectivity index (χ1v) is 10.0. The number of anilines is 1. The summed E-state index contributed by atoms with van der Waals surface area (Å²) in [6, 6.07) is 0. The summed E-state index contributed by atoms with van der Waals surface area (Å²) >= 11 is 1.53. The van der Waals surface area contributed by atoms with Crippen LogP contribution in [0.15, 0.2) is 0 Å². The Hall–Kier alpha value is -1.02. The fourth-order valence-corrected chi connectivity index (χ4v) is 5.13. The van der Waals surface area contributed by atoms with Crippen LogP contribution in [0.3, 0.4) is 0 Å². The van der Waals surface area contributed by atoms with Crippen LogP contribution in [0.2, 0.25) is 0 Å². The van der Waals surface area contributed by atoms with E-state index in [9.17, 15) is 17.1 Å². The van der Waals surface area contributed by atoms with Crippen LogP contribution in [0, 0.1) is 5.92 Å². The molecular formula is C14H19FN2O3S2. The van der Waals surface area contributed by atoms with Gasteiger partial charge in [-0.25, -0.2) is 4.98 Å². The van der Waals surface area contributed by atoms with Gasteiger partial charge in [0.1, 0.15) is 0 Å². The van der Waals surface area contributed by atoms with Gasteiger partial charge in [-0.3, -0.25) is 9.69 Å². The van der Waals surface area contributed by atoms with Gasteiger partial charge in [-0.1, -0.05) is 12.8 Å². The van der Waals surface area contributed by atoms with E-state index in [1.165, 1.54) is 34.0 Å². The van der Waals surface area contributed by atoms with Crippen LogP contribution in [0.1, 0.15) is 42.7 Å². The molecule has 1 aromatic heterocycles. The van der Waals surface area contributed by atoms with Crippen molar-refractivity contribution in [1.29, 1.82) is 0 Å². The first-order valence-electron chi connectivity index (χ1n) is 7.63. The zero-order valence-electron chi connectivity index (χ0n) is 12.3. The minimum atomic E-state index is -4.54. The third-order valence-corrected chi connectivity index (χ3v) is 6.26. The summed E-state index contributed by atoms with van der Waals surface area (Å²) in [6.45, 7) is 0.244. The number of aryl methyl sites for hydroxylation is 2. The average molecular weight is 346 g/mol. The van der Waals surface area contributed by atoms with Gasteiger partial charge >= 0.3 is 10.2 Å². The molecule has 1 atom stereocenters. The fraction of sp³-hybridized carbons (Fsp3) is 0.714. The Morgan fingerprint density at radius 1 is 1.23 bits per heavy atom. The van der Waals surface area contributed by atoms with Gasteiger partial charge in [-0.15, -0.1) is 15.2 Å². The van der Waals surface area contributed by atoms with E-state index in [2.05, 4.69) is 4.98 Å². The molecule has 0 bridgehead atoms. The number of rotatable bonds is 3. The maximum atomic E-state index is 12.8. The number of hydrogen-bond donors (Lipinski definition) is 0. The molecule has 5 nitrogen and oxygen atoms in total. The largest absolute Gasteiger partial charge is 0.302 e. The highest BCUT2D eigenvalue weighted by atomic mass is 32.3. The number of carbonyl (C=O) groups excluding carboxylic acids is 1. The number of carbonyl (C=O) groups is 1. The smallest absolute Gasteiger partial charge is 0.288 e. The Kier molecular flexibility index (Phi) is 4.49. The Morgan fingerprint density at radius 2 is 1.95 bits per heavy atom. The number of amides is 1. The Bertz CT molecular complexity index is 646. The summed E-state index contributed by atoms with van der Waals surface area (Å²) in [5.74, 6) is -1.22. The molecule has 3 rings (SSSR count). The Labute approximate surface area is 133 Å². The molecule has 0 aromatic carbocycles. The molecule has 1 aliphatic heterocycles. The minimum Gasteiger partial charge on any atom is -0.288 e. The molecule has 1 amide bonds. The van der Waals surface area contributed by atoms with Crippen LogP contribution in [0.5, 0.6) is 0 Å². The van der Waals surface area contributed by atoms with Crippen molar-refractivity contribution in [1.82, 2.24) is 4.98 Å². The topological polar surface area (TPSA) is 67.3 Å². The summed E-state index contributed by atoms with van der Waals surface area (Å²) in [6.07, 6.45) is 6.72. The van der Waals surface area contributed by atoms with Crippen LogP contribution in [-0.2, 0) is 27.9 Å². The summed E-state index contributed by atoms with van der Waals surface area (Å²) < 4.78 is 34.3. The third kappa shape index (κ3) is 3.65. The molecule has 22 heavy (non-hydrogen) atoms. The molecular weight excluding hydrogens is 327 g/mol. The van der Waals surface area contributed by atoms with E-state index >= 15 is 0 Å². The molecule has 0 N–H and O–H groups in total. The molecule has 1 saturated heterocycles. The second-order valence-corrected chi connectivity index (χ2v) is 8.53. The molecule has 0 spiro atoms. The van der Waals surface area contributed by atoms with Gasteiger partial charge in [-0.05, 0) is 25.7 Å². The number of aromatic nitrogens is 1. The first kappa shape index (κ1) is 15.9. The molecule has 122 valence electrons. The van der Waals surface area contributed by atoms with Gasteiger partial charge in [0.2, 0.25) is 5.91 Å².